The van der Waals surface area contributed by atoms with Gasteiger partial charge in [-0.05, 0) is 32.4 Å². The summed E-state index contributed by atoms with van der Waals surface area (Å²) in [6.07, 6.45) is 3.46. The van der Waals surface area contributed by atoms with Crippen molar-refractivity contribution in [2.45, 2.75) is 26.7 Å². The van der Waals surface area contributed by atoms with Crippen LogP contribution in [0.15, 0.2) is 34.9 Å². The number of hydrogen-bond acceptors (Lipinski definition) is 4. The molecule has 3 rings (SSSR count). The van der Waals surface area contributed by atoms with E-state index in [9.17, 15) is 4.79 Å². The summed E-state index contributed by atoms with van der Waals surface area (Å²) >= 11 is 0. The molecule has 1 aliphatic rings. The van der Waals surface area contributed by atoms with Gasteiger partial charge in [0.1, 0.15) is 0 Å². The molecule has 2 aromatic rings. The first kappa shape index (κ1) is 13.5. The van der Waals surface area contributed by atoms with E-state index in [-0.39, 0.29) is 5.91 Å². The molecule has 5 heteroatoms. The number of benzene rings is 1. The molecule has 0 radical (unpaired) electrons. The second-order valence-corrected chi connectivity index (χ2v) is 5.09. The Bertz CT molecular complexity index is 703. The average Bonchev–Trinajstić information content (AvgIpc) is 3.15. The molecule has 2 heterocycles. The van der Waals surface area contributed by atoms with Gasteiger partial charge in [-0.15, -0.1) is 0 Å². The number of aromatic nitrogens is 2. The van der Waals surface area contributed by atoms with E-state index in [1.165, 1.54) is 0 Å². The van der Waals surface area contributed by atoms with Crippen LogP contribution in [0.25, 0.3) is 17.0 Å². The number of carbonyl (C=O) groups excluding carboxylic acids is 1. The van der Waals surface area contributed by atoms with Crippen LogP contribution in [-0.2, 0) is 4.79 Å². The lowest BCUT2D eigenvalue weighted by molar-refractivity contribution is -0.117. The molecule has 1 fully saturated rings. The van der Waals surface area contributed by atoms with Crippen LogP contribution in [0.2, 0.25) is 0 Å². The molecule has 21 heavy (non-hydrogen) atoms. The van der Waals surface area contributed by atoms with E-state index in [1.807, 2.05) is 49.1 Å². The molecule has 0 spiro atoms. The van der Waals surface area contributed by atoms with E-state index in [2.05, 4.69) is 10.1 Å². The third-order valence-electron chi connectivity index (χ3n) is 3.69. The van der Waals surface area contributed by atoms with Gasteiger partial charge in [-0.2, -0.15) is 4.98 Å². The van der Waals surface area contributed by atoms with Crippen LogP contribution in [0.3, 0.4) is 0 Å². The van der Waals surface area contributed by atoms with Crippen molar-refractivity contribution in [3.05, 3.63) is 36.2 Å². The standard InChI is InChI=1S/C16H17N3O2/c1-3-11(2)16-17-15(18-21-16)12-6-4-7-13(10-12)19-9-5-8-14(19)20/h3-4,6-7,10H,5,8-9H2,1-2H3/b11-3+. The molecule has 1 saturated heterocycles. The zero-order valence-corrected chi connectivity index (χ0v) is 12.2. The molecular weight excluding hydrogens is 266 g/mol. The summed E-state index contributed by atoms with van der Waals surface area (Å²) in [6, 6.07) is 7.70. The summed E-state index contributed by atoms with van der Waals surface area (Å²) in [4.78, 5) is 18.0. The number of nitrogens with zero attached hydrogens (tertiary/aromatic N) is 3. The first-order valence-electron chi connectivity index (χ1n) is 7.07. The van der Waals surface area contributed by atoms with Crippen LogP contribution in [-0.4, -0.2) is 22.6 Å². The van der Waals surface area contributed by atoms with Crippen molar-refractivity contribution in [3.63, 3.8) is 0 Å². The van der Waals surface area contributed by atoms with Crippen molar-refractivity contribution < 1.29 is 9.32 Å². The van der Waals surface area contributed by atoms with Crippen molar-refractivity contribution in [1.29, 1.82) is 0 Å². The van der Waals surface area contributed by atoms with Gasteiger partial charge in [-0.25, -0.2) is 0 Å². The van der Waals surface area contributed by atoms with Crippen LogP contribution in [0.4, 0.5) is 5.69 Å². The minimum absolute atomic E-state index is 0.172. The smallest absolute Gasteiger partial charge is 0.253 e. The highest BCUT2D eigenvalue weighted by atomic mass is 16.5. The summed E-state index contributed by atoms with van der Waals surface area (Å²) < 4.78 is 5.25. The van der Waals surface area contributed by atoms with E-state index in [4.69, 9.17) is 4.52 Å². The quantitative estimate of drug-likeness (QED) is 0.867. The highest BCUT2D eigenvalue weighted by molar-refractivity contribution is 5.95. The Kier molecular flexibility index (Phi) is 3.56. The number of rotatable bonds is 3. The molecule has 1 aliphatic heterocycles. The minimum atomic E-state index is 0.172. The fraction of sp³-hybridized carbons (Fsp3) is 0.312. The Labute approximate surface area is 123 Å². The number of allylic oxidation sites excluding steroid dienone is 2. The van der Waals surface area contributed by atoms with Crippen molar-refractivity contribution in [2.24, 2.45) is 0 Å². The van der Waals surface area contributed by atoms with E-state index in [0.29, 0.717) is 18.1 Å². The van der Waals surface area contributed by atoms with Crippen LogP contribution >= 0.6 is 0 Å². The van der Waals surface area contributed by atoms with Gasteiger partial charge in [-0.1, -0.05) is 23.4 Å². The zero-order valence-electron chi connectivity index (χ0n) is 12.2. The molecule has 1 aromatic carbocycles. The lowest BCUT2D eigenvalue weighted by Crippen LogP contribution is -2.23. The molecule has 0 saturated carbocycles. The Hall–Kier alpha value is -2.43. The maximum Gasteiger partial charge on any atom is 0.253 e. The largest absolute Gasteiger partial charge is 0.334 e. The predicted octanol–water partition coefficient (Wildman–Crippen LogP) is 3.29. The summed E-state index contributed by atoms with van der Waals surface area (Å²) in [5.74, 6) is 1.24. The fourth-order valence-corrected chi connectivity index (χ4v) is 2.36. The van der Waals surface area contributed by atoms with Crippen molar-refractivity contribution >= 4 is 17.2 Å². The topological polar surface area (TPSA) is 59.2 Å². The lowest BCUT2D eigenvalue weighted by Gasteiger charge is -2.15. The van der Waals surface area contributed by atoms with Crippen LogP contribution in [0.5, 0.6) is 0 Å². The van der Waals surface area contributed by atoms with Crippen molar-refractivity contribution in [3.8, 4) is 11.4 Å². The second-order valence-electron chi connectivity index (χ2n) is 5.09. The highest BCUT2D eigenvalue weighted by Crippen LogP contribution is 2.26. The number of amides is 1. The molecule has 0 N–H and O–H groups in total. The maximum absolute atomic E-state index is 11.8. The van der Waals surface area contributed by atoms with Crippen LogP contribution in [0.1, 0.15) is 32.6 Å². The molecule has 0 unspecified atom stereocenters. The second kappa shape index (κ2) is 5.52. The third kappa shape index (κ3) is 2.59. The zero-order chi connectivity index (χ0) is 14.8. The van der Waals surface area contributed by atoms with Crippen LogP contribution in [0, 0.1) is 0 Å². The van der Waals surface area contributed by atoms with Gasteiger partial charge in [0, 0.05) is 29.8 Å². The van der Waals surface area contributed by atoms with Crippen molar-refractivity contribution in [2.75, 3.05) is 11.4 Å². The van der Waals surface area contributed by atoms with Gasteiger partial charge < -0.3 is 9.42 Å². The number of hydrogen-bond donors (Lipinski definition) is 0. The fourth-order valence-electron chi connectivity index (χ4n) is 2.36. The average molecular weight is 283 g/mol. The Balaban J connectivity index is 1.92. The van der Waals surface area contributed by atoms with Gasteiger partial charge in [-0.3, -0.25) is 4.79 Å². The molecule has 0 bridgehead atoms. The third-order valence-corrected chi connectivity index (χ3v) is 3.69. The van der Waals surface area contributed by atoms with Gasteiger partial charge in [0.25, 0.3) is 5.89 Å². The molecule has 5 nitrogen and oxygen atoms in total. The molecular formula is C16H17N3O2. The van der Waals surface area contributed by atoms with Gasteiger partial charge in [0.2, 0.25) is 11.7 Å². The number of carbonyl (C=O) groups is 1. The predicted molar refractivity (Wildman–Crippen MR) is 80.6 cm³/mol. The first-order chi connectivity index (χ1) is 10.2. The Morgan fingerprint density at radius 3 is 3.00 bits per heavy atom. The van der Waals surface area contributed by atoms with E-state index in [1.54, 1.807) is 0 Å². The summed E-state index contributed by atoms with van der Waals surface area (Å²) in [6.45, 7) is 4.63. The van der Waals surface area contributed by atoms with E-state index in [0.717, 1.165) is 29.8 Å². The van der Waals surface area contributed by atoms with Gasteiger partial charge in [0.15, 0.2) is 0 Å². The molecule has 0 aliphatic carbocycles. The molecule has 0 atom stereocenters. The van der Waals surface area contributed by atoms with E-state index >= 15 is 0 Å². The highest BCUT2D eigenvalue weighted by Gasteiger charge is 2.22. The SMILES string of the molecule is C/C=C(\C)c1nc(-c2cccc(N3CCCC3=O)c2)no1. The minimum Gasteiger partial charge on any atom is -0.334 e. The van der Waals surface area contributed by atoms with Gasteiger partial charge >= 0.3 is 0 Å². The maximum atomic E-state index is 11.8. The van der Waals surface area contributed by atoms with Gasteiger partial charge in [0.05, 0.1) is 0 Å². The first-order valence-corrected chi connectivity index (χ1v) is 7.07. The summed E-state index contributed by atoms with van der Waals surface area (Å²) in [7, 11) is 0. The molecule has 1 aromatic heterocycles. The van der Waals surface area contributed by atoms with Crippen LogP contribution < -0.4 is 4.90 Å². The van der Waals surface area contributed by atoms with E-state index < -0.39 is 0 Å². The number of anilines is 1. The summed E-state index contributed by atoms with van der Waals surface area (Å²) in [5.41, 5.74) is 2.69. The van der Waals surface area contributed by atoms with Crippen molar-refractivity contribution in [1.82, 2.24) is 10.1 Å². The normalized spacial score (nSPS) is 15.8. The Morgan fingerprint density at radius 2 is 2.29 bits per heavy atom. The lowest BCUT2D eigenvalue weighted by atomic mass is 10.2. The molecule has 1 amide bonds. The summed E-state index contributed by atoms with van der Waals surface area (Å²) in [5, 5.41) is 4.01. The monoisotopic (exact) mass is 283 g/mol. The molecule has 108 valence electrons. The Morgan fingerprint density at radius 1 is 1.43 bits per heavy atom.